The topological polar surface area (TPSA) is 65.0 Å². The summed E-state index contributed by atoms with van der Waals surface area (Å²) in [6.07, 6.45) is 0. The largest absolute Gasteiger partial charge is 0.504 e. The van der Waals surface area contributed by atoms with Gasteiger partial charge in [0.05, 0.1) is 20.8 Å². The Hall–Kier alpha value is -1.91. The van der Waals surface area contributed by atoms with Crippen molar-refractivity contribution in [2.45, 2.75) is 6.92 Å². The highest BCUT2D eigenvalue weighted by molar-refractivity contribution is 5.93. The molecular formula is C11H14O5. The second-order valence-corrected chi connectivity index (χ2v) is 2.94. The van der Waals surface area contributed by atoms with Crippen LogP contribution in [-0.4, -0.2) is 31.9 Å². The van der Waals surface area contributed by atoms with Crippen LogP contribution in [-0.2, 0) is 4.74 Å². The van der Waals surface area contributed by atoms with Gasteiger partial charge in [-0.2, -0.15) is 0 Å². The van der Waals surface area contributed by atoms with Crippen molar-refractivity contribution < 1.29 is 24.1 Å². The number of methoxy groups -OCH3 is 2. The van der Waals surface area contributed by atoms with E-state index in [0.717, 1.165) is 0 Å². The molecule has 16 heavy (non-hydrogen) atoms. The summed E-state index contributed by atoms with van der Waals surface area (Å²) in [7, 11) is 2.84. The van der Waals surface area contributed by atoms with E-state index in [1.165, 1.54) is 26.4 Å². The predicted molar refractivity (Wildman–Crippen MR) is 57.2 cm³/mol. The summed E-state index contributed by atoms with van der Waals surface area (Å²) < 4.78 is 14.7. The van der Waals surface area contributed by atoms with Gasteiger partial charge >= 0.3 is 5.97 Å². The Morgan fingerprint density at radius 3 is 2.38 bits per heavy atom. The van der Waals surface area contributed by atoms with Crippen LogP contribution in [0.15, 0.2) is 12.1 Å². The first-order chi connectivity index (χ1) is 7.63. The van der Waals surface area contributed by atoms with Gasteiger partial charge in [0.15, 0.2) is 11.5 Å². The quantitative estimate of drug-likeness (QED) is 0.790. The smallest absolute Gasteiger partial charge is 0.342 e. The monoisotopic (exact) mass is 226 g/mol. The number of esters is 1. The van der Waals surface area contributed by atoms with Gasteiger partial charge in [0, 0.05) is 12.1 Å². The highest BCUT2D eigenvalue weighted by Gasteiger charge is 2.17. The molecule has 0 radical (unpaired) electrons. The molecule has 1 aromatic carbocycles. The second kappa shape index (κ2) is 5.25. The summed E-state index contributed by atoms with van der Waals surface area (Å²) in [5.74, 6) is -0.137. The minimum atomic E-state index is -0.544. The molecule has 0 heterocycles. The number of carbonyl (C=O) groups is 1. The Balaban J connectivity index is 3.17. The minimum absolute atomic E-state index is 0.133. The van der Waals surface area contributed by atoms with Crippen molar-refractivity contribution in [1.29, 1.82) is 0 Å². The molecule has 0 aliphatic heterocycles. The lowest BCUT2D eigenvalue weighted by molar-refractivity contribution is 0.0522. The average Bonchev–Trinajstić information content (AvgIpc) is 2.29. The third kappa shape index (κ3) is 2.36. The Morgan fingerprint density at radius 2 is 1.88 bits per heavy atom. The van der Waals surface area contributed by atoms with Gasteiger partial charge in [0.1, 0.15) is 11.3 Å². The number of phenols is 1. The molecule has 1 rings (SSSR count). The molecule has 88 valence electrons. The normalized spacial score (nSPS) is 9.69. The molecule has 0 bridgehead atoms. The molecule has 0 amide bonds. The third-order valence-corrected chi connectivity index (χ3v) is 2.00. The van der Waals surface area contributed by atoms with Crippen LogP contribution in [0.3, 0.4) is 0 Å². The second-order valence-electron chi connectivity index (χ2n) is 2.94. The van der Waals surface area contributed by atoms with Crippen molar-refractivity contribution in [3.8, 4) is 17.2 Å². The zero-order valence-electron chi connectivity index (χ0n) is 9.44. The lowest BCUT2D eigenvalue weighted by Gasteiger charge is -2.10. The first-order valence-electron chi connectivity index (χ1n) is 4.76. The molecule has 5 heteroatoms. The molecule has 1 N–H and O–H groups in total. The highest BCUT2D eigenvalue weighted by Crippen LogP contribution is 2.33. The van der Waals surface area contributed by atoms with E-state index < -0.39 is 5.97 Å². The van der Waals surface area contributed by atoms with Crippen LogP contribution in [0.25, 0.3) is 0 Å². The maximum atomic E-state index is 11.5. The fraction of sp³-hybridized carbons (Fsp3) is 0.364. The van der Waals surface area contributed by atoms with E-state index in [2.05, 4.69) is 0 Å². The predicted octanol–water partition coefficient (Wildman–Crippen LogP) is 1.59. The van der Waals surface area contributed by atoms with Gasteiger partial charge in [0.2, 0.25) is 0 Å². The Kier molecular flexibility index (Phi) is 3.99. The summed E-state index contributed by atoms with van der Waals surface area (Å²) in [6.45, 7) is 1.96. The average molecular weight is 226 g/mol. The number of ether oxygens (including phenoxy) is 3. The maximum absolute atomic E-state index is 11.5. The number of benzene rings is 1. The lowest BCUT2D eigenvalue weighted by Crippen LogP contribution is -2.07. The zero-order chi connectivity index (χ0) is 12.1. The van der Waals surface area contributed by atoms with Gasteiger partial charge in [-0.15, -0.1) is 0 Å². The van der Waals surface area contributed by atoms with Crippen molar-refractivity contribution >= 4 is 5.97 Å². The van der Waals surface area contributed by atoms with Crippen LogP contribution in [0.5, 0.6) is 17.2 Å². The maximum Gasteiger partial charge on any atom is 0.342 e. The number of hydrogen-bond donors (Lipinski definition) is 1. The van der Waals surface area contributed by atoms with E-state index in [0.29, 0.717) is 5.75 Å². The van der Waals surface area contributed by atoms with Gasteiger partial charge < -0.3 is 19.3 Å². The third-order valence-electron chi connectivity index (χ3n) is 2.00. The van der Waals surface area contributed by atoms with Crippen molar-refractivity contribution in [1.82, 2.24) is 0 Å². The molecule has 0 saturated heterocycles. The van der Waals surface area contributed by atoms with E-state index in [4.69, 9.17) is 14.2 Å². The number of rotatable bonds is 4. The molecule has 5 nitrogen and oxygen atoms in total. The number of carbonyl (C=O) groups excluding carboxylic acids is 1. The molecule has 0 atom stereocenters. The standard InChI is InChI=1S/C11H14O5/c1-4-16-11(13)7-5-8(12)10(15-3)6-9(7)14-2/h5-6,12H,4H2,1-3H3. The van der Waals surface area contributed by atoms with Crippen LogP contribution in [0.2, 0.25) is 0 Å². The van der Waals surface area contributed by atoms with Gasteiger partial charge in [-0.3, -0.25) is 0 Å². The van der Waals surface area contributed by atoms with Crippen LogP contribution >= 0.6 is 0 Å². The highest BCUT2D eigenvalue weighted by atomic mass is 16.5. The molecule has 1 aromatic rings. The molecule has 0 saturated carbocycles. The van der Waals surface area contributed by atoms with E-state index in [1.54, 1.807) is 6.92 Å². The van der Waals surface area contributed by atoms with Gasteiger partial charge in [-0.25, -0.2) is 4.79 Å². The van der Waals surface area contributed by atoms with Crippen LogP contribution in [0.4, 0.5) is 0 Å². The van der Waals surface area contributed by atoms with Crippen LogP contribution in [0.1, 0.15) is 17.3 Å². The van der Waals surface area contributed by atoms with E-state index in [9.17, 15) is 9.90 Å². The zero-order valence-corrected chi connectivity index (χ0v) is 9.44. The Bertz CT molecular complexity index is 386. The van der Waals surface area contributed by atoms with E-state index in [1.807, 2.05) is 0 Å². The molecule has 0 aromatic heterocycles. The van der Waals surface area contributed by atoms with Crippen molar-refractivity contribution in [2.75, 3.05) is 20.8 Å². The Labute approximate surface area is 93.6 Å². The SMILES string of the molecule is CCOC(=O)c1cc(O)c(OC)cc1OC. The molecule has 0 aliphatic rings. The van der Waals surface area contributed by atoms with Gasteiger partial charge in [-0.05, 0) is 6.92 Å². The number of phenolic OH excluding ortho intramolecular Hbond substituents is 1. The van der Waals surface area contributed by atoms with Crippen molar-refractivity contribution in [3.05, 3.63) is 17.7 Å². The molecule has 0 fully saturated rings. The van der Waals surface area contributed by atoms with E-state index in [-0.39, 0.29) is 23.7 Å². The van der Waals surface area contributed by atoms with Gasteiger partial charge in [-0.1, -0.05) is 0 Å². The van der Waals surface area contributed by atoms with Crippen LogP contribution < -0.4 is 9.47 Å². The summed E-state index contributed by atoms with van der Waals surface area (Å²) in [4.78, 5) is 11.5. The summed E-state index contributed by atoms with van der Waals surface area (Å²) in [5.41, 5.74) is 0.169. The molecule has 0 spiro atoms. The summed E-state index contributed by atoms with van der Waals surface area (Å²) >= 11 is 0. The first kappa shape index (κ1) is 12.2. The van der Waals surface area contributed by atoms with Crippen molar-refractivity contribution in [2.24, 2.45) is 0 Å². The minimum Gasteiger partial charge on any atom is -0.504 e. The van der Waals surface area contributed by atoms with E-state index >= 15 is 0 Å². The van der Waals surface area contributed by atoms with Crippen molar-refractivity contribution in [3.63, 3.8) is 0 Å². The first-order valence-corrected chi connectivity index (χ1v) is 4.76. The molecule has 0 unspecified atom stereocenters. The summed E-state index contributed by atoms with van der Waals surface area (Å²) in [5, 5.41) is 9.54. The fourth-order valence-corrected chi connectivity index (χ4v) is 1.25. The number of aromatic hydroxyl groups is 1. The Morgan fingerprint density at radius 1 is 1.25 bits per heavy atom. The number of hydrogen-bond acceptors (Lipinski definition) is 5. The summed E-state index contributed by atoms with van der Waals surface area (Å²) in [6, 6.07) is 2.69. The van der Waals surface area contributed by atoms with Gasteiger partial charge in [0.25, 0.3) is 0 Å². The van der Waals surface area contributed by atoms with Crippen LogP contribution in [0, 0.1) is 0 Å². The molecular weight excluding hydrogens is 212 g/mol. The lowest BCUT2D eigenvalue weighted by atomic mass is 10.1. The fourth-order valence-electron chi connectivity index (χ4n) is 1.25. The molecule has 0 aliphatic carbocycles.